The summed E-state index contributed by atoms with van der Waals surface area (Å²) in [4.78, 5) is 18.4. The summed E-state index contributed by atoms with van der Waals surface area (Å²) < 4.78 is 0. The van der Waals surface area contributed by atoms with Gasteiger partial charge in [0, 0.05) is 22.9 Å². The summed E-state index contributed by atoms with van der Waals surface area (Å²) in [6.07, 6.45) is 0. The zero-order chi connectivity index (χ0) is 18.5. The van der Waals surface area contributed by atoms with E-state index in [1.807, 2.05) is 60.0 Å². The highest BCUT2D eigenvalue weighted by molar-refractivity contribution is 7.14. The molecule has 3 rings (SSSR count). The van der Waals surface area contributed by atoms with Crippen molar-refractivity contribution in [2.75, 3.05) is 4.90 Å². The van der Waals surface area contributed by atoms with Gasteiger partial charge < -0.3 is 5.32 Å². The smallest absolute Gasteiger partial charge is 0.230 e. The van der Waals surface area contributed by atoms with Crippen molar-refractivity contribution < 1.29 is 10.1 Å². The first-order valence-electron chi connectivity index (χ1n) is 8.44. The molecule has 2 aromatic carbocycles. The number of hydrogen-bond donors (Lipinski definition) is 1. The first-order valence-corrected chi connectivity index (χ1v) is 9.70. The highest BCUT2D eigenvalue weighted by atomic mass is 35.5. The third-order valence-corrected chi connectivity index (χ3v) is 5.36. The number of aromatic nitrogens is 1. The molecule has 0 aliphatic carbocycles. The van der Waals surface area contributed by atoms with Gasteiger partial charge in [0.25, 0.3) is 0 Å². The van der Waals surface area contributed by atoms with Gasteiger partial charge in [-0.2, -0.15) is 0 Å². The Morgan fingerprint density at radius 3 is 2.58 bits per heavy atom. The summed E-state index contributed by atoms with van der Waals surface area (Å²) >= 11 is 7.75. The number of hydrogen-bond acceptors (Lipinski definition) is 3. The van der Waals surface area contributed by atoms with Crippen molar-refractivity contribution in [2.45, 2.75) is 26.4 Å². The van der Waals surface area contributed by atoms with E-state index in [2.05, 4.69) is 17.2 Å². The second-order valence-corrected chi connectivity index (χ2v) is 7.31. The maximum atomic E-state index is 12.1. The lowest BCUT2D eigenvalue weighted by molar-refractivity contribution is -0.708. The molecule has 2 N–H and O–H groups in total. The predicted molar refractivity (Wildman–Crippen MR) is 107 cm³/mol. The quantitative estimate of drug-likeness (QED) is 0.686. The lowest BCUT2D eigenvalue weighted by atomic mass is 10.1. The fraction of sp³-hybridized carbons (Fsp3) is 0.200. The van der Waals surface area contributed by atoms with Gasteiger partial charge in [-0.15, -0.1) is 11.3 Å². The molecule has 0 unspecified atom stereocenters. The maximum Gasteiger partial charge on any atom is 0.230 e. The molecule has 134 valence electrons. The summed E-state index contributed by atoms with van der Waals surface area (Å²) in [7, 11) is 0. The van der Waals surface area contributed by atoms with Crippen LogP contribution in [0.25, 0.3) is 0 Å². The van der Waals surface area contributed by atoms with Gasteiger partial charge in [-0.05, 0) is 25.1 Å². The van der Waals surface area contributed by atoms with Gasteiger partial charge in [0.2, 0.25) is 5.91 Å². The zero-order valence-electron chi connectivity index (χ0n) is 14.7. The first-order chi connectivity index (χ1) is 12.6. The number of para-hydroxylation sites is 1. The van der Waals surface area contributed by atoms with Crippen molar-refractivity contribution in [2.24, 2.45) is 0 Å². The van der Waals surface area contributed by atoms with E-state index in [9.17, 15) is 4.79 Å². The Balaban J connectivity index is 1.71. The molecule has 0 saturated carbocycles. The van der Waals surface area contributed by atoms with E-state index in [4.69, 9.17) is 11.6 Å². The Hall–Kier alpha value is -2.21. The molecule has 26 heavy (non-hydrogen) atoms. The van der Waals surface area contributed by atoms with E-state index in [-0.39, 0.29) is 11.9 Å². The average Bonchev–Trinajstić information content (AvgIpc) is 3.09. The van der Waals surface area contributed by atoms with E-state index >= 15 is 0 Å². The lowest BCUT2D eigenvalue weighted by Gasteiger charge is -2.17. The average molecular weight is 387 g/mol. The number of quaternary nitrogens is 1. The van der Waals surface area contributed by atoms with Crippen LogP contribution in [0.1, 0.15) is 31.1 Å². The van der Waals surface area contributed by atoms with E-state index in [1.54, 1.807) is 11.8 Å². The van der Waals surface area contributed by atoms with E-state index in [0.717, 1.165) is 28.5 Å². The van der Waals surface area contributed by atoms with Gasteiger partial charge in [-0.25, -0.2) is 4.98 Å². The summed E-state index contributed by atoms with van der Waals surface area (Å²) in [6.45, 7) is 4.41. The number of halogens is 1. The minimum absolute atomic E-state index is 0.0504. The Kier molecular flexibility index (Phi) is 6.04. The molecule has 1 aromatic heterocycles. The monoisotopic (exact) mass is 386 g/mol. The fourth-order valence-corrected chi connectivity index (χ4v) is 3.97. The molecule has 0 spiro atoms. The van der Waals surface area contributed by atoms with Crippen LogP contribution in [-0.2, 0) is 11.3 Å². The molecule has 3 aromatic rings. The molecule has 0 fully saturated rings. The molecular weight excluding hydrogens is 366 g/mol. The van der Waals surface area contributed by atoms with Crippen LogP contribution in [0.15, 0.2) is 60.0 Å². The van der Waals surface area contributed by atoms with Crippen LogP contribution in [0.4, 0.5) is 10.8 Å². The summed E-state index contributed by atoms with van der Waals surface area (Å²) in [6, 6.07) is 17.7. The van der Waals surface area contributed by atoms with Crippen LogP contribution in [0.5, 0.6) is 0 Å². The van der Waals surface area contributed by atoms with Gasteiger partial charge in [0.1, 0.15) is 18.3 Å². The molecule has 0 radical (unpaired) electrons. The molecule has 0 aliphatic heterocycles. The highest BCUT2D eigenvalue weighted by Crippen LogP contribution is 2.28. The van der Waals surface area contributed by atoms with Crippen LogP contribution >= 0.6 is 22.9 Å². The Morgan fingerprint density at radius 2 is 1.88 bits per heavy atom. The topological polar surface area (TPSA) is 49.8 Å². The SMILES string of the molecule is CC(=O)N(c1ccccc1)c1nc(C[NH2+][C@H](C)c2ccccc2Cl)cs1. The fourth-order valence-electron chi connectivity index (χ4n) is 2.77. The summed E-state index contributed by atoms with van der Waals surface area (Å²) in [5.41, 5.74) is 2.89. The van der Waals surface area contributed by atoms with Crippen molar-refractivity contribution >= 4 is 39.7 Å². The summed E-state index contributed by atoms with van der Waals surface area (Å²) in [5.74, 6) is -0.0504. The van der Waals surface area contributed by atoms with E-state index in [1.165, 1.54) is 11.3 Å². The largest absolute Gasteiger partial charge is 0.335 e. The number of carbonyl (C=O) groups is 1. The third-order valence-electron chi connectivity index (χ3n) is 4.14. The van der Waals surface area contributed by atoms with Crippen LogP contribution in [0, 0.1) is 0 Å². The minimum atomic E-state index is -0.0504. The lowest BCUT2D eigenvalue weighted by Crippen LogP contribution is -2.83. The third kappa shape index (κ3) is 4.30. The normalized spacial score (nSPS) is 12.0. The predicted octanol–water partition coefficient (Wildman–Crippen LogP) is 4.31. The number of benzene rings is 2. The number of nitrogens with zero attached hydrogens (tertiary/aromatic N) is 2. The van der Waals surface area contributed by atoms with Crippen LogP contribution < -0.4 is 10.2 Å². The van der Waals surface area contributed by atoms with Gasteiger partial charge in [0.05, 0.1) is 5.69 Å². The van der Waals surface area contributed by atoms with Crippen LogP contribution in [0.3, 0.4) is 0 Å². The molecule has 1 amide bonds. The van der Waals surface area contributed by atoms with Crippen LogP contribution in [0.2, 0.25) is 5.02 Å². The molecule has 0 saturated heterocycles. The second-order valence-electron chi connectivity index (χ2n) is 6.06. The molecular formula is C20H21ClN3OS+. The van der Waals surface area contributed by atoms with E-state index in [0.29, 0.717) is 5.13 Å². The van der Waals surface area contributed by atoms with E-state index < -0.39 is 0 Å². The molecule has 0 aliphatic rings. The Bertz CT molecular complexity index is 882. The zero-order valence-corrected chi connectivity index (χ0v) is 16.3. The Morgan fingerprint density at radius 1 is 1.19 bits per heavy atom. The second kappa shape index (κ2) is 8.45. The highest BCUT2D eigenvalue weighted by Gasteiger charge is 2.19. The number of carbonyl (C=O) groups excluding carboxylic acids is 1. The molecule has 0 bridgehead atoms. The van der Waals surface area contributed by atoms with Crippen molar-refractivity contribution in [1.29, 1.82) is 0 Å². The number of rotatable bonds is 6. The summed E-state index contributed by atoms with van der Waals surface area (Å²) in [5, 5.41) is 5.67. The number of anilines is 2. The van der Waals surface area contributed by atoms with Crippen molar-refractivity contribution in [3.05, 3.63) is 76.3 Å². The van der Waals surface area contributed by atoms with Gasteiger partial charge in [-0.3, -0.25) is 9.69 Å². The van der Waals surface area contributed by atoms with Crippen molar-refractivity contribution in [3.8, 4) is 0 Å². The van der Waals surface area contributed by atoms with Crippen molar-refractivity contribution in [1.82, 2.24) is 4.98 Å². The molecule has 1 atom stereocenters. The van der Waals surface area contributed by atoms with Crippen molar-refractivity contribution in [3.63, 3.8) is 0 Å². The Labute approximate surface area is 162 Å². The first kappa shape index (κ1) is 18.6. The minimum Gasteiger partial charge on any atom is -0.335 e. The number of nitrogens with two attached hydrogens (primary N) is 1. The standard InChI is InChI=1S/C20H20ClN3OS/c1-14(18-10-6-7-11-19(18)21)22-12-16-13-26-20(23-16)24(15(2)25)17-8-4-3-5-9-17/h3-11,13-14,22H,12H2,1-2H3/p+1/t14-/m1/s1. The van der Waals surface area contributed by atoms with Gasteiger partial charge >= 0.3 is 0 Å². The maximum absolute atomic E-state index is 12.1. The molecule has 4 nitrogen and oxygen atoms in total. The number of amides is 1. The van der Waals surface area contributed by atoms with Gasteiger partial charge in [-0.1, -0.05) is 48.0 Å². The molecule has 6 heteroatoms. The van der Waals surface area contributed by atoms with Crippen LogP contribution in [-0.4, -0.2) is 10.9 Å². The van der Waals surface area contributed by atoms with Gasteiger partial charge in [0.15, 0.2) is 5.13 Å². The molecule has 1 heterocycles. The number of thiazole rings is 1.